The Kier molecular flexibility index (Phi) is 4.68. The quantitative estimate of drug-likeness (QED) is 0.908. The molecule has 1 aliphatic rings. The number of carbonyl (C=O) groups excluding carboxylic acids is 2. The Morgan fingerprint density at radius 2 is 1.92 bits per heavy atom. The Labute approximate surface area is 151 Å². The fraction of sp³-hybridized carbons (Fsp3) is 0.263. The molecule has 0 aromatic heterocycles. The smallest absolute Gasteiger partial charge is 0.268 e. The molecule has 0 aliphatic carbocycles. The summed E-state index contributed by atoms with van der Waals surface area (Å²) >= 11 is 6.06. The molecule has 3 rings (SSSR count). The number of nitrogens with zero attached hydrogens (tertiary/aromatic N) is 1. The average molecular weight is 359 g/mol. The second-order valence-corrected chi connectivity index (χ2v) is 6.55. The van der Waals surface area contributed by atoms with E-state index in [1.54, 1.807) is 32.0 Å². The molecule has 1 heterocycles. The van der Waals surface area contributed by atoms with E-state index in [4.69, 9.17) is 16.3 Å². The van der Waals surface area contributed by atoms with Gasteiger partial charge in [0, 0.05) is 10.7 Å². The molecule has 2 amide bonds. The first-order valence-corrected chi connectivity index (χ1v) is 8.41. The number of ether oxygens (including phenoxy) is 1. The zero-order valence-electron chi connectivity index (χ0n) is 14.2. The first-order valence-electron chi connectivity index (χ1n) is 8.03. The third-order valence-electron chi connectivity index (χ3n) is 4.16. The fourth-order valence-corrected chi connectivity index (χ4v) is 2.90. The lowest BCUT2D eigenvalue weighted by atomic mass is 10.1. The Morgan fingerprint density at radius 3 is 2.60 bits per heavy atom. The molecule has 2 aromatic carbocycles. The summed E-state index contributed by atoms with van der Waals surface area (Å²) in [5, 5.41) is 3.31. The minimum atomic E-state index is -0.711. The Balaban J connectivity index is 1.88. The molecular formula is C19H19ClN2O3. The first kappa shape index (κ1) is 17.3. The van der Waals surface area contributed by atoms with E-state index in [1.165, 1.54) is 4.90 Å². The summed E-state index contributed by atoms with van der Waals surface area (Å²) in [7, 11) is 0. The van der Waals surface area contributed by atoms with E-state index in [0.717, 1.165) is 5.56 Å². The van der Waals surface area contributed by atoms with Crippen molar-refractivity contribution >= 4 is 34.8 Å². The molecule has 2 atom stereocenters. The Hall–Kier alpha value is -2.53. The number of anilines is 2. The topological polar surface area (TPSA) is 58.6 Å². The molecule has 0 saturated heterocycles. The highest BCUT2D eigenvalue weighted by Crippen LogP contribution is 2.37. The lowest BCUT2D eigenvalue weighted by Gasteiger charge is -2.36. The molecule has 0 radical (unpaired) electrons. The van der Waals surface area contributed by atoms with Crippen LogP contribution in [0.4, 0.5) is 11.4 Å². The van der Waals surface area contributed by atoms with Crippen LogP contribution >= 0.6 is 11.6 Å². The minimum absolute atomic E-state index is 0.277. The Morgan fingerprint density at radius 1 is 1.24 bits per heavy atom. The number of halogens is 1. The first-order chi connectivity index (χ1) is 11.9. The maximum atomic E-state index is 12.7. The van der Waals surface area contributed by atoms with Crippen LogP contribution in [-0.4, -0.2) is 24.0 Å². The van der Waals surface area contributed by atoms with Gasteiger partial charge in [-0.2, -0.15) is 0 Å². The second-order valence-electron chi connectivity index (χ2n) is 6.11. The van der Waals surface area contributed by atoms with Crippen molar-refractivity contribution in [3.63, 3.8) is 0 Å². The van der Waals surface area contributed by atoms with Gasteiger partial charge >= 0.3 is 0 Å². The highest BCUT2D eigenvalue weighted by atomic mass is 35.5. The van der Waals surface area contributed by atoms with Crippen LogP contribution in [0.1, 0.15) is 19.4 Å². The monoisotopic (exact) mass is 358 g/mol. The summed E-state index contributed by atoms with van der Waals surface area (Å²) in [6.07, 6.45) is -0.664. The highest BCUT2D eigenvalue weighted by Gasteiger charge is 2.37. The van der Waals surface area contributed by atoms with Crippen molar-refractivity contribution in [1.29, 1.82) is 0 Å². The molecule has 0 fully saturated rings. The third kappa shape index (κ3) is 3.46. The number of nitrogens with one attached hydrogen (secondary N) is 1. The lowest BCUT2D eigenvalue weighted by Crippen LogP contribution is -2.52. The number of amides is 2. The average Bonchev–Trinajstić information content (AvgIpc) is 2.58. The Bertz CT molecular complexity index is 820. The summed E-state index contributed by atoms with van der Waals surface area (Å²) in [6.45, 7) is 5.32. The van der Waals surface area contributed by atoms with E-state index >= 15 is 0 Å². The van der Waals surface area contributed by atoms with Gasteiger partial charge in [-0.3, -0.25) is 14.5 Å². The van der Waals surface area contributed by atoms with Crippen molar-refractivity contribution in [2.75, 3.05) is 10.2 Å². The number of hydrogen-bond donors (Lipinski definition) is 1. The van der Waals surface area contributed by atoms with Crippen LogP contribution in [0.2, 0.25) is 5.02 Å². The molecule has 2 unspecified atom stereocenters. The van der Waals surface area contributed by atoms with Gasteiger partial charge in [0.2, 0.25) is 5.91 Å². The molecule has 5 nitrogen and oxygen atoms in total. The normalized spacial score (nSPS) is 17.5. The van der Waals surface area contributed by atoms with Gasteiger partial charge in [0.05, 0.1) is 5.69 Å². The predicted octanol–water partition coefficient (Wildman–Crippen LogP) is 3.79. The van der Waals surface area contributed by atoms with Crippen molar-refractivity contribution in [1.82, 2.24) is 0 Å². The summed E-state index contributed by atoms with van der Waals surface area (Å²) < 4.78 is 5.61. The molecule has 1 aliphatic heterocycles. The van der Waals surface area contributed by atoms with Crippen molar-refractivity contribution in [3.8, 4) is 5.75 Å². The fourth-order valence-electron chi connectivity index (χ4n) is 2.73. The van der Waals surface area contributed by atoms with Crippen LogP contribution in [0.5, 0.6) is 5.75 Å². The summed E-state index contributed by atoms with van der Waals surface area (Å²) in [5.74, 6) is -0.0231. The zero-order valence-corrected chi connectivity index (χ0v) is 15.0. The van der Waals surface area contributed by atoms with Gasteiger partial charge in [-0.05, 0) is 51.1 Å². The molecule has 2 aromatic rings. The van der Waals surface area contributed by atoms with Crippen LogP contribution in [-0.2, 0) is 9.59 Å². The van der Waals surface area contributed by atoms with E-state index in [9.17, 15) is 9.59 Å². The largest absolute Gasteiger partial charge is 0.479 e. The molecule has 0 spiro atoms. The van der Waals surface area contributed by atoms with Gasteiger partial charge in [0.1, 0.15) is 11.8 Å². The molecule has 0 bridgehead atoms. The number of carbonyl (C=O) groups is 2. The van der Waals surface area contributed by atoms with Gasteiger partial charge in [-0.25, -0.2) is 0 Å². The van der Waals surface area contributed by atoms with Crippen LogP contribution in [0.25, 0.3) is 0 Å². The predicted molar refractivity (Wildman–Crippen MR) is 98.3 cm³/mol. The van der Waals surface area contributed by atoms with Crippen LogP contribution in [0, 0.1) is 6.92 Å². The number of aryl methyl sites for hydroxylation is 1. The maximum absolute atomic E-state index is 12.7. The van der Waals surface area contributed by atoms with Crippen LogP contribution in [0.3, 0.4) is 0 Å². The van der Waals surface area contributed by atoms with Gasteiger partial charge in [-0.15, -0.1) is 0 Å². The SMILES string of the molecule is Cc1ccc(NC(=O)C(C)N2C(=O)C(C)Oc3ccc(Cl)cc32)cc1. The molecule has 1 N–H and O–H groups in total. The summed E-state index contributed by atoms with van der Waals surface area (Å²) in [6, 6.07) is 11.8. The summed E-state index contributed by atoms with van der Waals surface area (Å²) in [4.78, 5) is 26.7. The molecule has 0 saturated carbocycles. The zero-order chi connectivity index (χ0) is 18.1. The van der Waals surface area contributed by atoms with Crippen LogP contribution in [0.15, 0.2) is 42.5 Å². The number of benzene rings is 2. The number of fused-ring (bicyclic) bond motifs is 1. The molecular weight excluding hydrogens is 340 g/mol. The number of rotatable bonds is 3. The molecule has 130 valence electrons. The van der Waals surface area contributed by atoms with Gasteiger partial charge in [-0.1, -0.05) is 29.3 Å². The van der Waals surface area contributed by atoms with Crippen molar-refractivity contribution in [2.45, 2.75) is 32.9 Å². The van der Waals surface area contributed by atoms with Crippen molar-refractivity contribution in [3.05, 3.63) is 53.1 Å². The van der Waals surface area contributed by atoms with Gasteiger partial charge < -0.3 is 10.1 Å². The van der Waals surface area contributed by atoms with Crippen molar-refractivity contribution < 1.29 is 14.3 Å². The van der Waals surface area contributed by atoms with Gasteiger partial charge in [0.25, 0.3) is 5.91 Å². The van der Waals surface area contributed by atoms with E-state index in [0.29, 0.717) is 22.1 Å². The summed E-state index contributed by atoms with van der Waals surface area (Å²) in [5.41, 5.74) is 2.29. The molecule has 25 heavy (non-hydrogen) atoms. The van der Waals surface area contributed by atoms with Crippen molar-refractivity contribution in [2.24, 2.45) is 0 Å². The second kappa shape index (κ2) is 6.76. The minimum Gasteiger partial charge on any atom is -0.479 e. The van der Waals surface area contributed by atoms with E-state index < -0.39 is 12.1 Å². The third-order valence-corrected chi connectivity index (χ3v) is 4.39. The molecule has 6 heteroatoms. The van der Waals surface area contributed by atoms with Gasteiger partial charge in [0.15, 0.2) is 6.10 Å². The van der Waals surface area contributed by atoms with E-state index in [2.05, 4.69) is 5.32 Å². The van der Waals surface area contributed by atoms with E-state index in [-0.39, 0.29) is 11.8 Å². The highest BCUT2D eigenvalue weighted by molar-refractivity contribution is 6.31. The standard InChI is InChI=1S/C19H19ClN2O3/c1-11-4-7-15(8-5-11)21-18(23)12(2)22-16-10-14(20)6-9-17(16)25-13(3)19(22)24/h4-10,12-13H,1-3H3,(H,21,23). The van der Waals surface area contributed by atoms with E-state index in [1.807, 2.05) is 31.2 Å². The number of hydrogen-bond acceptors (Lipinski definition) is 3. The lowest BCUT2D eigenvalue weighted by molar-refractivity contribution is -0.128. The maximum Gasteiger partial charge on any atom is 0.268 e. The van der Waals surface area contributed by atoms with Crippen LogP contribution < -0.4 is 15.0 Å².